The van der Waals surface area contributed by atoms with Crippen LogP contribution >= 0.6 is 7.26 Å². The highest BCUT2D eigenvalue weighted by molar-refractivity contribution is 7.96. The molecule has 26 heavy (non-hydrogen) atoms. The van der Waals surface area contributed by atoms with Crippen LogP contribution in [0.3, 0.4) is 0 Å². The SMILES string of the molecule is C1=CCCC([P+](c2ccccc2)(c2ccccc2)c2ccccc2)C=C1. The minimum Gasteiger partial charge on any atom is -0.0844 e. The Morgan fingerprint density at radius 1 is 0.577 bits per heavy atom. The maximum absolute atomic E-state index is 2.45. The molecular weight excluding hydrogens is 331 g/mol. The molecule has 3 aromatic rings. The Hall–Kier alpha value is -2.43. The molecule has 0 saturated carbocycles. The highest BCUT2D eigenvalue weighted by Crippen LogP contribution is 2.61. The Bertz CT molecular complexity index is 783. The van der Waals surface area contributed by atoms with Crippen molar-refractivity contribution in [3.8, 4) is 0 Å². The molecule has 0 N–H and O–H groups in total. The van der Waals surface area contributed by atoms with Gasteiger partial charge in [0.05, 0.1) is 0 Å². The lowest BCUT2D eigenvalue weighted by Gasteiger charge is -2.33. The summed E-state index contributed by atoms with van der Waals surface area (Å²) in [6.45, 7) is 0. The van der Waals surface area contributed by atoms with Crippen LogP contribution < -0.4 is 15.9 Å². The summed E-state index contributed by atoms with van der Waals surface area (Å²) >= 11 is 0. The summed E-state index contributed by atoms with van der Waals surface area (Å²) in [7, 11) is -1.78. The van der Waals surface area contributed by atoms with E-state index < -0.39 is 7.26 Å². The topological polar surface area (TPSA) is 0 Å². The standard InChI is InChI=1S/C25H24P/c1-2-7-15-22(14-6-1)26(23-16-8-3-9-17-23,24-18-10-4-11-19-24)25-20-12-5-13-21-25/h1-6,8-14,16-22H,7,15H2/q+1. The van der Waals surface area contributed by atoms with Gasteiger partial charge in [-0.2, -0.15) is 0 Å². The smallest absolute Gasteiger partial charge is 0.0844 e. The van der Waals surface area contributed by atoms with Crippen LogP contribution in [0.4, 0.5) is 0 Å². The first kappa shape index (κ1) is 17.0. The average molecular weight is 355 g/mol. The molecule has 0 aromatic heterocycles. The van der Waals surface area contributed by atoms with E-state index in [9.17, 15) is 0 Å². The average Bonchev–Trinajstić information content (AvgIpc) is 3.01. The second-order valence-corrected chi connectivity index (χ2v) is 10.3. The van der Waals surface area contributed by atoms with Gasteiger partial charge in [0.1, 0.15) is 28.8 Å². The van der Waals surface area contributed by atoms with Gasteiger partial charge in [0.2, 0.25) is 0 Å². The van der Waals surface area contributed by atoms with Crippen LogP contribution in [0.1, 0.15) is 12.8 Å². The molecule has 0 saturated heterocycles. The minimum absolute atomic E-state index is 0.504. The largest absolute Gasteiger partial charge is 0.118 e. The summed E-state index contributed by atoms with van der Waals surface area (Å²) in [5.74, 6) is 0. The molecule has 0 radical (unpaired) electrons. The van der Waals surface area contributed by atoms with E-state index >= 15 is 0 Å². The Balaban J connectivity index is 2.03. The molecule has 0 amide bonds. The summed E-state index contributed by atoms with van der Waals surface area (Å²) in [6.07, 6.45) is 11.5. The maximum atomic E-state index is 2.45. The molecule has 0 heterocycles. The summed E-state index contributed by atoms with van der Waals surface area (Å²) < 4.78 is 0. The van der Waals surface area contributed by atoms with Gasteiger partial charge in [-0.1, -0.05) is 72.8 Å². The van der Waals surface area contributed by atoms with Gasteiger partial charge >= 0.3 is 0 Å². The quantitative estimate of drug-likeness (QED) is 0.560. The Morgan fingerprint density at radius 2 is 1.04 bits per heavy atom. The van der Waals surface area contributed by atoms with Crippen LogP contribution in [0.5, 0.6) is 0 Å². The number of allylic oxidation sites excluding steroid dienone is 4. The van der Waals surface area contributed by atoms with Crippen molar-refractivity contribution in [2.24, 2.45) is 0 Å². The van der Waals surface area contributed by atoms with Crippen molar-refractivity contribution >= 4 is 23.2 Å². The first-order valence-electron chi connectivity index (χ1n) is 9.31. The third-order valence-electron chi connectivity index (χ3n) is 5.20. The Morgan fingerprint density at radius 3 is 1.50 bits per heavy atom. The van der Waals surface area contributed by atoms with Gasteiger partial charge in [-0.05, 0) is 55.3 Å². The number of benzene rings is 3. The minimum atomic E-state index is -1.78. The van der Waals surface area contributed by atoms with Gasteiger partial charge in [-0.3, -0.25) is 0 Å². The molecule has 1 heteroatoms. The van der Waals surface area contributed by atoms with E-state index in [2.05, 4.69) is 115 Å². The third kappa shape index (κ3) is 3.06. The van der Waals surface area contributed by atoms with Gasteiger partial charge in [-0.25, -0.2) is 0 Å². The van der Waals surface area contributed by atoms with Gasteiger partial charge in [-0.15, -0.1) is 0 Å². The monoisotopic (exact) mass is 355 g/mol. The van der Waals surface area contributed by atoms with Crippen LogP contribution in [-0.2, 0) is 0 Å². The van der Waals surface area contributed by atoms with Crippen molar-refractivity contribution in [1.29, 1.82) is 0 Å². The van der Waals surface area contributed by atoms with Gasteiger partial charge in [0.15, 0.2) is 0 Å². The first-order chi connectivity index (χ1) is 12.9. The molecule has 0 bridgehead atoms. The van der Waals surface area contributed by atoms with Crippen molar-refractivity contribution in [2.75, 3.05) is 0 Å². The summed E-state index contributed by atoms with van der Waals surface area (Å²) in [5, 5.41) is 4.40. The number of hydrogen-bond donors (Lipinski definition) is 0. The summed E-state index contributed by atoms with van der Waals surface area (Å²) in [6, 6.07) is 33.5. The van der Waals surface area contributed by atoms with E-state index in [4.69, 9.17) is 0 Å². The van der Waals surface area contributed by atoms with E-state index in [1.165, 1.54) is 22.3 Å². The van der Waals surface area contributed by atoms with Crippen LogP contribution in [0.25, 0.3) is 0 Å². The zero-order valence-corrected chi connectivity index (χ0v) is 15.8. The summed E-state index contributed by atoms with van der Waals surface area (Å²) in [4.78, 5) is 0. The normalized spacial score (nSPS) is 17.0. The number of rotatable bonds is 4. The summed E-state index contributed by atoms with van der Waals surface area (Å²) in [5.41, 5.74) is 0.504. The Kier molecular flexibility index (Phi) is 5.14. The molecule has 1 unspecified atom stereocenters. The van der Waals surface area contributed by atoms with Crippen molar-refractivity contribution in [1.82, 2.24) is 0 Å². The predicted molar refractivity (Wildman–Crippen MR) is 116 cm³/mol. The third-order valence-corrected chi connectivity index (χ3v) is 9.96. The lowest BCUT2D eigenvalue weighted by atomic mass is 10.2. The predicted octanol–water partition coefficient (Wildman–Crippen LogP) is 5.26. The van der Waals surface area contributed by atoms with E-state index in [0.717, 1.165) is 6.42 Å². The molecule has 128 valence electrons. The fourth-order valence-corrected chi connectivity index (χ4v) is 8.93. The lowest BCUT2D eigenvalue weighted by Crippen LogP contribution is -2.38. The molecule has 0 nitrogen and oxygen atoms in total. The van der Waals surface area contributed by atoms with E-state index in [-0.39, 0.29) is 0 Å². The second kappa shape index (κ2) is 7.85. The zero-order chi connectivity index (χ0) is 17.7. The van der Waals surface area contributed by atoms with E-state index in [0.29, 0.717) is 5.66 Å². The molecule has 0 fully saturated rings. The molecule has 0 aliphatic heterocycles. The zero-order valence-electron chi connectivity index (χ0n) is 14.9. The molecule has 4 rings (SSSR count). The Labute approximate surface area is 157 Å². The van der Waals surface area contributed by atoms with E-state index in [1.54, 1.807) is 0 Å². The van der Waals surface area contributed by atoms with Gasteiger partial charge in [0.25, 0.3) is 0 Å². The van der Waals surface area contributed by atoms with Crippen molar-refractivity contribution < 1.29 is 0 Å². The van der Waals surface area contributed by atoms with Crippen LogP contribution in [-0.4, -0.2) is 5.66 Å². The molecule has 3 aromatic carbocycles. The maximum Gasteiger partial charge on any atom is 0.118 e. The van der Waals surface area contributed by atoms with Crippen molar-refractivity contribution in [3.05, 3.63) is 115 Å². The molecule has 1 aliphatic carbocycles. The van der Waals surface area contributed by atoms with Gasteiger partial charge in [0, 0.05) is 0 Å². The molecule has 0 spiro atoms. The highest BCUT2D eigenvalue weighted by Gasteiger charge is 2.50. The van der Waals surface area contributed by atoms with Crippen LogP contribution in [0, 0.1) is 0 Å². The first-order valence-corrected chi connectivity index (χ1v) is 11.2. The molecular formula is C25H24P+. The fraction of sp³-hybridized carbons (Fsp3) is 0.120. The fourth-order valence-electron chi connectivity index (χ4n) is 4.06. The molecule has 1 atom stereocenters. The number of hydrogen-bond acceptors (Lipinski definition) is 0. The van der Waals surface area contributed by atoms with E-state index in [1.807, 2.05) is 0 Å². The second-order valence-electron chi connectivity index (χ2n) is 6.69. The highest BCUT2D eigenvalue weighted by atomic mass is 31.2. The molecule has 1 aliphatic rings. The van der Waals surface area contributed by atoms with Crippen molar-refractivity contribution in [2.45, 2.75) is 18.5 Å². The van der Waals surface area contributed by atoms with Crippen molar-refractivity contribution in [3.63, 3.8) is 0 Å². The van der Waals surface area contributed by atoms with Gasteiger partial charge < -0.3 is 0 Å². The van der Waals surface area contributed by atoms with Crippen LogP contribution in [0.2, 0.25) is 0 Å². The lowest BCUT2D eigenvalue weighted by molar-refractivity contribution is 0.881. The van der Waals surface area contributed by atoms with Crippen LogP contribution in [0.15, 0.2) is 115 Å².